The van der Waals surface area contributed by atoms with Crippen LogP contribution in [0.15, 0.2) is 47.8 Å². The highest BCUT2D eigenvalue weighted by Crippen LogP contribution is 2.38. The monoisotopic (exact) mass is 433 g/mol. The molecule has 0 unspecified atom stereocenters. The molecular formula is C23H27N7O2. The van der Waals surface area contributed by atoms with E-state index in [0.29, 0.717) is 11.9 Å². The predicted octanol–water partition coefficient (Wildman–Crippen LogP) is 3.13. The molecule has 0 spiro atoms. The van der Waals surface area contributed by atoms with Gasteiger partial charge in [0.05, 0.1) is 11.7 Å². The van der Waals surface area contributed by atoms with Crippen molar-refractivity contribution in [1.82, 2.24) is 29.1 Å². The fraction of sp³-hybridized carbons (Fsp3) is 0.391. The average Bonchev–Trinajstić information content (AvgIpc) is 3.40. The smallest absolute Gasteiger partial charge is 0.266 e. The Morgan fingerprint density at radius 2 is 1.91 bits per heavy atom. The van der Waals surface area contributed by atoms with Gasteiger partial charge in [-0.25, -0.2) is 9.67 Å². The summed E-state index contributed by atoms with van der Waals surface area (Å²) in [4.78, 5) is 16.1. The van der Waals surface area contributed by atoms with E-state index in [4.69, 9.17) is 4.74 Å². The van der Waals surface area contributed by atoms with E-state index < -0.39 is 0 Å². The summed E-state index contributed by atoms with van der Waals surface area (Å²) >= 11 is 0. The molecule has 1 saturated carbocycles. The number of nitrogens with one attached hydrogen (secondary N) is 1. The van der Waals surface area contributed by atoms with Crippen LogP contribution in [0.4, 0.5) is 5.82 Å². The van der Waals surface area contributed by atoms with Crippen LogP contribution in [-0.4, -0.2) is 42.3 Å². The maximum atomic E-state index is 11.5. The Morgan fingerprint density at radius 3 is 2.59 bits per heavy atom. The summed E-state index contributed by atoms with van der Waals surface area (Å²) in [7, 11) is 5.46. The van der Waals surface area contributed by atoms with E-state index in [-0.39, 0.29) is 11.7 Å². The van der Waals surface area contributed by atoms with Crippen molar-refractivity contribution >= 4 is 16.7 Å². The van der Waals surface area contributed by atoms with E-state index in [0.717, 1.165) is 48.0 Å². The SMILES string of the molecule is CNc1cc2c(cn1)c(-c1cnn(C)c1)cn2C1CCC(Oc2ccc(=O)n(C)n2)CC1. The van der Waals surface area contributed by atoms with Crippen LogP contribution in [0.3, 0.4) is 0 Å². The Kier molecular flexibility index (Phi) is 5.16. The summed E-state index contributed by atoms with van der Waals surface area (Å²) < 4.78 is 11.6. The Hall–Kier alpha value is -3.62. The molecule has 0 radical (unpaired) electrons. The van der Waals surface area contributed by atoms with Gasteiger partial charge in [-0.15, -0.1) is 5.10 Å². The molecule has 0 bridgehead atoms. The Labute approximate surface area is 185 Å². The van der Waals surface area contributed by atoms with Crippen molar-refractivity contribution in [3.8, 4) is 17.0 Å². The molecule has 5 rings (SSSR count). The van der Waals surface area contributed by atoms with Crippen LogP contribution in [-0.2, 0) is 14.1 Å². The maximum Gasteiger partial charge on any atom is 0.266 e. The molecule has 4 aromatic rings. The number of nitrogens with zero attached hydrogens (tertiary/aromatic N) is 6. The van der Waals surface area contributed by atoms with Gasteiger partial charge in [-0.2, -0.15) is 5.10 Å². The molecule has 1 N–H and O–H groups in total. The number of rotatable bonds is 5. The number of hydrogen-bond acceptors (Lipinski definition) is 6. The highest BCUT2D eigenvalue weighted by Gasteiger charge is 2.26. The molecule has 0 aromatic carbocycles. The number of anilines is 1. The van der Waals surface area contributed by atoms with E-state index in [1.54, 1.807) is 13.1 Å². The predicted molar refractivity (Wildman–Crippen MR) is 123 cm³/mol. The highest BCUT2D eigenvalue weighted by atomic mass is 16.5. The number of pyridine rings is 1. The molecule has 4 heterocycles. The van der Waals surface area contributed by atoms with E-state index >= 15 is 0 Å². The summed E-state index contributed by atoms with van der Waals surface area (Å²) in [5.74, 6) is 1.36. The zero-order valence-corrected chi connectivity index (χ0v) is 18.5. The van der Waals surface area contributed by atoms with Crippen LogP contribution < -0.4 is 15.6 Å². The number of hydrogen-bond donors (Lipinski definition) is 1. The second kappa shape index (κ2) is 8.14. The summed E-state index contributed by atoms with van der Waals surface area (Å²) in [6.45, 7) is 0. The fourth-order valence-electron chi connectivity index (χ4n) is 4.53. The van der Waals surface area contributed by atoms with Gasteiger partial charge in [-0.05, 0) is 25.7 Å². The van der Waals surface area contributed by atoms with Crippen LogP contribution in [0.2, 0.25) is 0 Å². The molecule has 1 fully saturated rings. The highest BCUT2D eigenvalue weighted by molar-refractivity contribution is 5.96. The zero-order valence-electron chi connectivity index (χ0n) is 18.5. The van der Waals surface area contributed by atoms with Crippen LogP contribution >= 0.6 is 0 Å². The first-order chi connectivity index (χ1) is 15.5. The quantitative estimate of drug-likeness (QED) is 0.520. The standard InChI is InChI=1S/C23H27N7O2/c1-24-21-10-20-18(12-25-21)19(15-11-26-28(2)13-15)14-30(20)16-4-6-17(7-5-16)32-22-8-9-23(31)29(3)27-22/h8-14,16-17H,4-7H2,1-3H3,(H,24,25). The molecule has 0 amide bonds. The number of aromatic nitrogens is 6. The van der Waals surface area contributed by atoms with Gasteiger partial charge in [-0.3, -0.25) is 9.48 Å². The minimum Gasteiger partial charge on any atom is -0.473 e. The molecule has 0 saturated heterocycles. The first-order valence-electron chi connectivity index (χ1n) is 10.9. The second-order valence-corrected chi connectivity index (χ2v) is 8.37. The van der Waals surface area contributed by atoms with Gasteiger partial charge in [0.2, 0.25) is 5.88 Å². The van der Waals surface area contributed by atoms with Gasteiger partial charge < -0.3 is 14.6 Å². The molecule has 9 heteroatoms. The maximum absolute atomic E-state index is 11.5. The van der Waals surface area contributed by atoms with Crippen molar-refractivity contribution in [2.45, 2.75) is 37.8 Å². The van der Waals surface area contributed by atoms with Crippen LogP contribution in [0, 0.1) is 0 Å². The minimum absolute atomic E-state index is 0.102. The molecule has 1 aliphatic carbocycles. The molecule has 1 aliphatic rings. The number of aryl methyl sites for hydroxylation is 2. The third-order valence-corrected chi connectivity index (χ3v) is 6.25. The lowest BCUT2D eigenvalue weighted by atomic mass is 9.92. The van der Waals surface area contributed by atoms with Crippen molar-refractivity contribution in [2.24, 2.45) is 14.1 Å². The van der Waals surface area contributed by atoms with E-state index in [9.17, 15) is 4.79 Å². The summed E-state index contributed by atoms with van der Waals surface area (Å²) in [6.07, 6.45) is 12.1. The molecule has 32 heavy (non-hydrogen) atoms. The second-order valence-electron chi connectivity index (χ2n) is 8.37. The van der Waals surface area contributed by atoms with Gasteiger partial charge in [-0.1, -0.05) is 0 Å². The summed E-state index contributed by atoms with van der Waals surface area (Å²) in [6, 6.07) is 5.64. The Balaban J connectivity index is 1.40. The molecular weight excluding hydrogens is 406 g/mol. The van der Waals surface area contributed by atoms with Gasteiger partial charge in [0, 0.05) is 80.5 Å². The van der Waals surface area contributed by atoms with E-state index in [1.165, 1.54) is 16.3 Å². The van der Waals surface area contributed by atoms with Gasteiger partial charge in [0.1, 0.15) is 11.9 Å². The van der Waals surface area contributed by atoms with Crippen molar-refractivity contribution in [3.63, 3.8) is 0 Å². The Morgan fingerprint density at radius 1 is 1.09 bits per heavy atom. The molecule has 4 aromatic heterocycles. The topological polar surface area (TPSA) is 91.8 Å². The zero-order chi connectivity index (χ0) is 22.2. The largest absolute Gasteiger partial charge is 0.473 e. The summed E-state index contributed by atoms with van der Waals surface area (Å²) in [5.41, 5.74) is 3.27. The van der Waals surface area contributed by atoms with Crippen LogP contribution in [0.1, 0.15) is 31.7 Å². The fourth-order valence-corrected chi connectivity index (χ4v) is 4.53. The third kappa shape index (κ3) is 3.74. The van der Waals surface area contributed by atoms with Gasteiger partial charge in [0.15, 0.2) is 0 Å². The van der Waals surface area contributed by atoms with E-state index in [1.807, 2.05) is 37.4 Å². The first-order valence-corrected chi connectivity index (χ1v) is 10.9. The third-order valence-electron chi connectivity index (χ3n) is 6.25. The van der Waals surface area contributed by atoms with Crippen LogP contribution in [0.25, 0.3) is 22.0 Å². The summed E-state index contributed by atoms with van der Waals surface area (Å²) in [5, 5.41) is 12.8. The van der Waals surface area contributed by atoms with Gasteiger partial charge in [0.25, 0.3) is 5.56 Å². The number of ether oxygens (including phenoxy) is 1. The normalized spacial score (nSPS) is 18.7. The lowest BCUT2D eigenvalue weighted by Crippen LogP contribution is -2.27. The van der Waals surface area contributed by atoms with Crippen molar-refractivity contribution in [2.75, 3.05) is 12.4 Å². The lowest BCUT2D eigenvalue weighted by molar-refractivity contribution is 0.126. The van der Waals surface area contributed by atoms with Crippen molar-refractivity contribution in [3.05, 3.63) is 53.3 Å². The lowest BCUT2D eigenvalue weighted by Gasteiger charge is -2.30. The van der Waals surface area contributed by atoms with Crippen molar-refractivity contribution in [1.29, 1.82) is 0 Å². The number of fused-ring (bicyclic) bond motifs is 1. The molecule has 9 nitrogen and oxygen atoms in total. The molecule has 0 aliphatic heterocycles. The first kappa shape index (κ1) is 20.3. The molecule has 0 atom stereocenters. The van der Waals surface area contributed by atoms with Gasteiger partial charge >= 0.3 is 0 Å². The minimum atomic E-state index is -0.139. The Bertz CT molecular complexity index is 1310. The van der Waals surface area contributed by atoms with E-state index in [2.05, 4.69) is 37.3 Å². The van der Waals surface area contributed by atoms with Crippen LogP contribution in [0.5, 0.6) is 5.88 Å². The van der Waals surface area contributed by atoms with Crippen molar-refractivity contribution < 1.29 is 4.74 Å². The molecule has 166 valence electrons. The average molecular weight is 434 g/mol.